The molecule has 3 aliphatic rings. The standard InChI is InChI=1S/C9H14O2/c1-5-2-7-6(4-10-5)3-8-9(7)11-8/h5-9H,2-4H2,1H3. The van der Waals surface area contributed by atoms with Crippen LogP contribution in [0.25, 0.3) is 0 Å². The van der Waals surface area contributed by atoms with E-state index in [1.165, 1.54) is 12.8 Å². The van der Waals surface area contributed by atoms with E-state index in [2.05, 4.69) is 6.92 Å². The predicted octanol–water partition coefficient (Wildman–Crippen LogP) is 1.20. The minimum absolute atomic E-state index is 0.471. The average molecular weight is 154 g/mol. The van der Waals surface area contributed by atoms with E-state index in [0.717, 1.165) is 18.4 Å². The largest absolute Gasteiger partial charge is 0.378 e. The smallest absolute Gasteiger partial charge is 0.0874 e. The molecule has 0 aromatic rings. The van der Waals surface area contributed by atoms with E-state index >= 15 is 0 Å². The average Bonchev–Trinajstić information content (AvgIpc) is 2.67. The van der Waals surface area contributed by atoms with Gasteiger partial charge in [-0.3, -0.25) is 0 Å². The third-order valence-electron chi connectivity index (χ3n) is 3.38. The van der Waals surface area contributed by atoms with Crippen molar-refractivity contribution in [2.75, 3.05) is 6.61 Å². The third kappa shape index (κ3) is 0.859. The van der Waals surface area contributed by atoms with Gasteiger partial charge >= 0.3 is 0 Å². The van der Waals surface area contributed by atoms with Gasteiger partial charge in [0.2, 0.25) is 0 Å². The first-order valence-electron chi connectivity index (χ1n) is 4.61. The van der Waals surface area contributed by atoms with E-state index in [1.54, 1.807) is 0 Å². The molecule has 2 heteroatoms. The summed E-state index contributed by atoms with van der Waals surface area (Å²) in [5.41, 5.74) is 0. The summed E-state index contributed by atoms with van der Waals surface area (Å²) in [4.78, 5) is 0. The highest BCUT2D eigenvalue weighted by molar-refractivity contribution is 5.03. The zero-order valence-electron chi connectivity index (χ0n) is 6.82. The molecular formula is C9H14O2. The monoisotopic (exact) mass is 154 g/mol. The molecule has 62 valence electrons. The van der Waals surface area contributed by atoms with Crippen molar-refractivity contribution >= 4 is 0 Å². The Kier molecular flexibility index (Phi) is 1.16. The van der Waals surface area contributed by atoms with Gasteiger partial charge in [0.1, 0.15) is 0 Å². The van der Waals surface area contributed by atoms with Crippen LogP contribution in [0.1, 0.15) is 19.8 Å². The number of fused-ring (bicyclic) bond motifs is 3. The fourth-order valence-corrected chi connectivity index (χ4v) is 2.72. The molecule has 0 aromatic carbocycles. The van der Waals surface area contributed by atoms with Crippen molar-refractivity contribution in [3.63, 3.8) is 0 Å². The summed E-state index contributed by atoms with van der Waals surface area (Å²) in [6, 6.07) is 0. The SMILES string of the molecule is CC1CC2C(CO1)CC1OC12. The van der Waals surface area contributed by atoms with Crippen LogP contribution in [0.4, 0.5) is 0 Å². The lowest BCUT2D eigenvalue weighted by Gasteiger charge is -2.31. The van der Waals surface area contributed by atoms with E-state index in [9.17, 15) is 0 Å². The normalized spacial score (nSPS) is 60.3. The molecule has 1 aliphatic carbocycles. The first kappa shape index (κ1) is 6.44. The van der Waals surface area contributed by atoms with Crippen LogP contribution in [0, 0.1) is 11.8 Å². The van der Waals surface area contributed by atoms with Crippen LogP contribution >= 0.6 is 0 Å². The van der Waals surface area contributed by atoms with Crippen molar-refractivity contribution in [3.8, 4) is 0 Å². The molecule has 5 atom stereocenters. The molecule has 2 nitrogen and oxygen atoms in total. The Morgan fingerprint density at radius 1 is 1.27 bits per heavy atom. The summed E-state index contributed by atoms with van der Waals surface area (Å²) in [5.74, 6) is 1.67. The molecule has 0 bridgehead atoms. The van der Waals surface area contributed by atoms with Gasteiger partial charge in [-0.1, -0.05) is 0 Å². The zero-order chi connectivity index (χ0) is 7.42. The molecule has 0 spiro atoms. The number of hydrogen-bond donors (Lipinski definition) is 0. The van der Waals surface area contributed by atoms with Crippen molar-refractivity contribution in [3.05, 3.63) is 0 Å². The summed E-state index contributed by atoms with van der Waals surface area (Å²) in [6.45, 7) is 3.16. The fourth-order valence-electron chi connectivity index (χ4n) is 2.72. The lowest BCUT2D eigenvalue weighted by atomic mass is 9.88. The molecule has 5 unspecified atom stereocenters. The maximum atomic E-state index is 5.61. The van der Waals surface area contributed by atoms with E-state index in [1.807, 2.05) is 0 Å². The molecule has 2 saturated heterocycles. The highest BCUT2D eigenvalue weighted by Crippen LogP contribution is 2.50. The summed E-state index contributed by atoms with van der Waals surface area (Å²) in [7, 11) is 0. The Labute approximate surface area is 66.9 Å². The van der Waals surface area contributed by atoms with Gasteiger partial charge in [-0.05, 0) is 31.6 Å². The first-order valence-corrected chi connectivity index (χ1v) is 4.61. The second kappa shape index (κ2) is 1.99. The topological polar surface area (TPSA) is 21.8 Å². The third-order valence-corrected chi connectivity index (χ3v) is 3.38. The van der Waals surface area contributed by atoms with Crippen LogP contribution in [-0.4, -0.2) is 24.9 Å². The molecule has 0 aromatic heterocycles. The van der Waals surface area contributed by atoms with Crippen molar-refractivity contribution in [1.82, 2.24) is 0 Å². The van der Waals surface area contributed by atoms with Crippen LogP contribution in [0.2, 0.25) is 0 Å². The van der Waals surface area contributed by atoms with Crippen LogP contribution in [0.15, 0.2) is 0 Å². The number of rotatable bonds is 0. The molecule has 0 amide bonds. The van der Waals surface area contributed by atoms with Gasteiger partial charge in [-0.25, -0.2) is 0 Å². The Hall–Kier alpha value is -0.0800. The summed E-state index contributed by atoms with van der Waals surface area (Å²) >= 11 is 0. The summed E-state index contributed by atoms with van der Waals surface area (Å²) in [5, 5.41) is 0. The summed E-state index contributed by atoms with van der Waals surface area (Å²) in [6.07, 6.45) is 4.22. The Balaban J connectivity index is 1.77. The first-order chi connectivity index (χ1) is 5.34. The molecule has 2 heterocycles. The highest BCUT2D eigenvalue weighted by atomic mass is 16.6. The van der Waals surface area contributed by atoms with Gasteiger partial charge in [-0.2, -0.15) is 0 Å². The van der Waals surface area contributed by atoms with Gasteiger partial charge < -0.3 is 9.47 Å². The van der Waals surface area contributed by atoms with Crippen molar-refractivity contribution < 1.29 is 9.47 Å². The van der Waals surface area contributed by atoms with Crippen LogP contribution < -0.4 is 0 Å². The van der Waals surface area contributed by atoms with E-state index in [0.29, 0.717) is 18.3 Å². The van der Waals surface area contributed by atoms with Gasteiger partial charge in [0, 0.05) is 0 Å². The lowest BCUT2D eigenvalue weighted by molar-refractivity contribution is -0.0449. The quantitative estimate of drug-likeness (QED) is 0.489. The Bertz CT molecular complexity index is 180. The maximum absolute atomic E-state index is 5.61. The van der Waals surface area contributed by atoms with Gasteiger partial charge in [0.25, 0.3) is 0 Å². The number of ether oxygens (including phenoxy) is 2. The molecule has 0 N–H and O–H groups in total. The van der Waals surface area contributed by atoms with Gasteiger partial charge in [-0.15, -0.1) is 0 Å². The van der Waals surface area contributed by atoms with Crippen LogP contribution in [0.5, 0.6) is 0 Å². The van der Waals surface area contributed by atoms with E-state index in [4.69, 9.17) is 9.47 Å². The Morgan fingerprint density at radius 2 is 2.18 bits per heavy atom. The number of epoxide rings is 1. The maximum Gasteiger partial charge on any atom is 0.0874 e. The summed E-state index contributed by atoms with van der Waals surface area (Å²) < 4.78 is 11.1. The van der Waals surface area contributed by atoms with Crippen molar-refractivity contribution in [2.45, 2.75) is 38.1 Å². The molecule has 2 aliphatic heterocycles. The van der Waals surface area contributed by atoms with Crippen LogP contribution in [-0.2, 0) is 9.47 Å². The highest BCUT2D eigenvalue weighted by Gasteiger charge is 2.56. The van der Waals surface area contributed by atoms with E-state index < -0.39 is 0 Å². The van der Waals surface area contributed by atoms with Crippen molar-refractivity contribution in [2.24, 2.45) is 11.8 Å². The predicted molar refractivity (Wildman–Crippen MR) is 40.3 cm³/mol. The van der Waals surface area contributed by atoms with Gasteiger partial charge in [0.05, 0.1) is 24.9 Å². The van der Waals surface area contributed by atoms with Crippen molar-refractivity contribution in [1.29, 1.82) is 0 Å². The fraction of sp³-hybridized carbons (Fsp3) is 1.00. The molecule has 1 saturated carbocycles. The van der Waals surface area contributed by atoms with Crippen LogP contribution in [0.3, 0.4) is 0 Å². The van der Waals surface area contributed by atoms with Gasteiger partial charge in [0.15, 0.2) is 0 Å². The molecule has 3 rings (SSSR count). The molecule has 11 heavy (non-hydrogen) atoms. The number of hydrogen-bond acceptors (Lipinski definition) is 2. The second-order valence-corrected chi connectivity index (χ2v) is 4.18. The Morgan fingerprint density at radius 3 is 3.09 bits per heavy atom. The second-order valence-electron chi connectivity index (χ2n) is 4.18. The minimum atomic E-state index is 0.471. The molecular weight excluding hydrogens is 140 g/mol. The lowest BCUT2D eigenvalue weighted by Crippen LogP contribution is -2.32. The van der Waals surface area contributed by atoms with E-state index in [-0.39, 0.29) is 0 Å². The zero-order valence-corrected chi connectivity index (χ0v) is 6.82. The molecule has 0 radical (unpaired) electrons. The minimum Gasteiger partial charge on any atom is -0.378 e. The molecule has 3 fully saturated rings.